The summed E-state index contributed by atoms with van der Waals surface area (Å²) in [5.41, 5.74) is 0. The molecule has 0 radical (unpaired) electrons. The molecule has 1 aromatic rings. The zero-order chi connectivity index (χ0) is 21.6. The highest BCUT2D eigenvalue weighted by Crippen LogP contribution is 2.15. The van der Waals surface area contributed by atoms with E-state index in [4.69, 9.17) is 11.6 Å². The van der Waals surface area contributed by atoms with Crippen molar-refractivity contribution in [2.24, 2.45) is 0 Å². The van der Waals surface area contributed by atoms with Crippen molar-refractivity contribution in [2.45, 2.75) is 31.7 Å². The number of nitrogens with zero attached hydrogens (tertiary/aromatic N) is 3. The largest absolute Gasteiger partial charge is 0.342 e. The first-order chi connectivity index (χ1) is 13.7. The molecule has 1 aliphatic rings. The molecule has 8 nitrogen and oxygen atoms in total. The van der Waals surface area contributed by atoms with Crippen LogP contribution in [0.15, 0.2) is 29.2 Å². The van der Waals surface area contributed by atoms with Crippen LogP contribution >= 0.6 is 11.6 Å². The fourth-order valence-corrected chi connectivity index (χ4v) is 4.56. The summed E-state index contributed by atoms with van der Waals surface area (Å²) in [6, 6.07) is 4.88. The van der Waals surface area contributed by atoms with Crippen LogP contribution in [-0.2, 0) is 19.6 Å². The molecule has 0 spiro atoms. The maximum atomic E-state index is 12.7. The van der Waals surface area contributed by atoms with Crippen molar-refractivity contribution in [1.82, 2.24) is 19.4 Å². The summed E-state index contributed by atoms with van der Waals surface area (Å²) < 4.78 is 27.3. The molecule has 1 atom stereocenters. The van der Waals surface area contributed by atoms with Gasteiger partial charge in [-0.2, -0.15) is 4.72 Å². The zero-order valence-corrected chi connectivity index (χ0v) is 18.7. The Morgan fingerprint density at radius 1 is 1.10 bits per heavy atom. The SMILES string of the molecule is CCN(CC)C(=O)CN1CCN(C(=O)[C@H](C)NS(=O)(=O)c2ccc(Cl)cc2)CC1. The molecule has 10 heteroatoms. The van der Waals surface area contributed by atoms with E-state index in [-0.39, 0.29) is 16.7 Å². The van der Waals surface area contributed by atoms with Crippen molar-refractivity contribution >= 4 is 33.4 Å². The molecule has 29 heavy (non-hydrogen) atoms. The van der Waals surface area contributed by atoms with Crippen LogP contribution in [0.25, 0.3) is 0 Å². The Balaban J connectivity index is 1.88. The molecule has 0 aliphatic carbocycles. The molecule has 2 rings (SSSR count). The van der Waals surface area contributed by atoms with Crippen molar-refractivity contribution < 1.29 is 18.0 Å². The van der Waals surface area contributed by atoms with E-state index in [1.54, 1.807) is 9.80 Å². The summed E-state index contributed by atoms with van der Waals surface area (Å²) in [6.45, 7) is 9.20. The van der Waals surface area contributed by atoms with Crippen LogP contribution in [0, 0.1) is 0 Å². The van der Waals surface area contributed by atoms with Crippen LogP contribution < -0.4 is 4.72 Å². The summed E-state index contributed by atoms with van der Waals surface area (Å²) in [5.74, 6) is -0.198. The number of benzene rings is 1. The third-order valence-corrected chi connectivity index (χ3v) is 6.79. The average Bonchev–Trinajstić information content (AvgIpc) is 2.69. The number of sulfonamides is 1. The Morgan fingerprint density at radius 2 is 1.66 bits per heavy atom. The van der Waals surface area contributed by atoms with Crippen LogP contribution in [0.3, 0.4) is 0 Å². The lowest BCUT2D eigenvalue weighted by Crippen LogP contribution is -2.55. The zero-order valence-electron chi connectivity index (χ0n) is 17.1. The van der Waals surface area contributed by atoms with Crippen LogP contribution in [0.4, 0.5) is 0 Å². The second-order valence-electron chi connectivity index (χ2n) is 6.96. The Labute approximate surface area is 177 Å². The summed E-state index contributed by atoms with van der Waals surface area (Å²) in [4.78, 5) is 30.4. The number of rotatable bonds is 8. The number of carbonyl (C=O) groups is 2. The third-order valence-electron chi connectivity index (χ3n) is 4.99. The number of nitrogens with one attached hydrogen (secondary N) is 1. The fraction of sp³-hybridized carbons (Fsp3) is 0.579. The number of piperazine rings is 1. The molecule has 1 aliphatic heterocycles. The van der Waals surface area contributed by atoms with Gasteiger partial charge in [-0.25, -0.2) is 8.42 Å². The monoisotopic (exact) mass is 444 g/mol. The number of carbonyl (C=O) groups excluding carboxylic acids is 2. The van der Waals surface area contributed by atoms with Crippen molar-refractivity contribution in [3.63, 3.8) is 0 Å². The van der Waals surface area contributed by atoms with E-state index in [0.29, 0.717) is 50.8 Å². The van der Waals surface area contributed by atoms with E-state index in [9.17, 15) is 18.0 Å². The van der Waals surface area contributed by atoms with Crippen LogP contribution in [0.5, 0.6) is 0 Å². The summed E-state index contributed by atoms with van der Waals surface area (Å²) in [7, 11) is -3.82. The second kappa shape index (κ2) is 10.4. The van der Waals surface area contributed by atoms with Crippen molar-refractivity contribution in [1.29, 1.82) is 0 Å². The van der Waals surface area contributed by atoms with Gasteiger partial charge in [0.25, 0.3) is 0 Å². The average molecular weight is 445 g/mol. The molecule has 2 amide bonds. The van der Waals surface area contributed by atoms with Gasteiger partial charge in [-0.15, -0.1) is 0 Å². The molecule has 162 valence electrons. The maximum absolute atomic E-state index is 12.7. The lowest BCUT2D eigenvalue weighted by atomic mass is 10.2. The second-order valence-corrected chi connectivity index (χ2v) is 9.11. The van der Waals surface area contributed by atoms with Gasteiger partial charge in [0.05, 0.1) is 17.5 Å². The minimum Gasteiger partial charge on any atom is -0.342 e. The van der Waals surface area contributed by atoms with Gasteiger partial charge in [0, 0.05) is 44.3 Å². The molecular formula is C19H29ClN4O4S. The molecule has 1 heterocycles. The Hall–Kier alpha value is -1.68. The fourth-order valence-electron chi connectivity index (χ4n) is 3.23. The maximum Gasteiger partial charge on any atom is 0.241 e. The number of hydrogen-bond donors (Lipinski definition) is 1. The molecule has 0 saturated carbocycles. The van der Waals surface area contributed by atoms with Crippen molar-refractivity contribution in [3.05, 3.63) is 29.3 Å². The van der Waals surface area contributed by atoms with Gasteiger partial charge >= 0.3 is 0 Å². The molecule has 1 saturated heterocycles. The molecule has 1 fully saturated rings. The van der Waals surface area contributed by atoms with Gasteiger partial charge in [-0.1, -0.05) is 11.6 Å². The van der Waals surface area contributed by atoms with E-state index >= 15 is 0 Å². The third kappa shape index (κ3) is 6.40. The van der Waals surface area contributed by atoms with Crippen molar-refractivity contribution in [2.75, 3.05) is 45.8 Å². The Morgan fingerprint density at radius 3 is 2.17 bits per heavy atom. The first-order valence-electron chi connectivity index (χ1n) is 9.74. The molecule has 1 aromatic carbocycles. The Kier molecular flexibility index (Phi) is 8.45. The predicted molar refractivity (Wildman–Crippen MR) is 112 cm³/mol. The Bertz CT molecular complexity index is 804. The van der Waals surface area contributed by atoms with E-state index < -0.39 is 16.1 Å². The van der Waals surface area contributed by atoms with Gasteiger partial charge in [-0.05, 0) is 45.0 Å². The summed E-state index contributed by atoms with van der Waals surface area (Å²) >= 11 is 5.79. The molecular weight excluding hydrogens is 416 g/mol. The standard InChI is InChI=1S/C19H29ClN4O4S/c1-4-23(5-2)18(25)14-22-10-12-24(13-11-22)19(26)15(3)21-29(27,28)17-8-6-16(20)7-9-17/h6-9,15,21H,4-5,10-14H2,1-3H3/t15-/m0/s1. The number of halogens is 1. The van der Waals surface area contributed by atoms with Crippen molar-refractivity contribution in [3.8, 4) is 0 Å². The lowest BCUT2D eigenvalue weighted by molar-refractivity contribution is -0.135. The highest BCUT2D eigenvalue weighted by atomic mass is 35.5. The first-order valence-corrected chi connectivity index (χ1v) is 11.6. The van der Waals surface area contributed by atoms with Crippen LogP contribution in [-0.4, -0.2) is 86.8 Å². The highest BCUT2D eigenvalue weighted by molar-refractivity contribution is 7.89. The minimum absolute atomic E-state index is 0.0567. The first kappa shape index (κ1) is 23.6. The quantitative estimate of drug-likeness (QED) is 0.646. The minimum atomic E-state index is -3.82. The molecule has 0 aromatic heterocycles. The van der Waals surface area contributed by atoms with Gasteiger partial charge in [0.2, 0.25) is 21.8 Å². The summed E-state index contributed by atoms with van der Waals surface area (Å²) in [5, 5.41) is 0.436. The molecule has 1 N–H and O–H groups in total. The van der Waals surface area contributed by atoms with Gasteiger partial charge in [0.15, 0.2) is 0 Å². The normalized spacial score (nSPS) is 16.5. The van der Waals surface area contributed by atoms with Crippen LogP contribution in [0.2, 0.25) is 5.02 Å². The van der Waals surface area contributed by atoms with Gasteiger partial charge in [-0.3, -0.25) is 14.5 Å². The number of amides is 2. The number of hydrogen-bond acceptors (Lipinski definition) is 5. The van der Waals surface area contributed by atoms with E-state index in [1.165, 1.54) is 31.2 Å². The molecule has 0 unspecified atom stereocenters. The van der Waals surface area contributed by atoms with E-state index in [0.717, 1.165) is 0 Å². The summed E-state index contributed by atoms with van der Waals surface area (Å²) in [6.07, 6.45) is 0. The van der Waals surface area contributed by atoms with Gasteiger partial charge < -0.3 is 9.80 Å². The number of likely N-dealkylation sites (N-methyl/N-ethyl adjacent to an activating group) is 1. The van der Waals surface area contributed by atoms with Crippen LogP contribution in [0.1, 0.15) is 20.8 Å². The lowest BCUT2D eigenvalue weighted by Gasteiger charge is -2.36. The van der Waals surface area contributed by atoms with E-state index in [2.05, 4.69) is 4.72 Å². The van der Waals surface area contributed by atoms with E-state index in [1.807, 2.05) is 18.7 Å². The highest BCUT2D eigenvalue weighted by Gasteiger charge is 2.29. The predicted octanol–water partition coefficient (Wildman–Crippen LogP) is 1.02. The topological polar surface area (TPSA) is 90.0 Å². The molecule has 0 bridgehead atoms. The smallest absolute Gasteiger partial charge is 0.241 e. The van der Waals surface area contributed by atoms with Gasteiger partial charge in [0.1, 0.15) is 0 Å².